The average Bonchev–Trinajstić information content (AvgIpc) is 2.77. The monoisotopic (exact) mass is 453 g/mol. The van der Waals surface area contributed by atoms with Crippen molar-refractivity contribution in [3.63, 3.8) is 0 Å². The van der Waals surface area contributed by atoms with E-state index in [0.717, 1.165) is 39.9 Å². The predicted octanol–water partition coefficient (Wildman–Crippen LogP) is 7.69. The molecule has 0 unspecified atom stereocenters. The van der Waals surface area contributed by atoms with Crippen molar-refractivity contribution >= 4 is 35.0 Å². The third kappa shape index (κ3) is 7.05. The van der Waals surface area contributed by atoms with Gasteiger partial charge >= 0.3 is 0 Å². The van der Waals surface area contributed by atoms with Crippen LogP contribution < -0.4 is 10.1 Å². The quantitative estimate of drug-likeness (QED) is 0.360. The Bertz CT molecular complexity index is 983. The van der Waals surface area contributed by atoms with Crippen molar-refractivity contribution in [2.45, 2.75) is 38.4 Å². The van der Waals surface area contributed by atoms with Crippen LogP contribution >= 0.6 is 23.4 Å². The summed E-state index contributed by atoms with van der Waals surface area (Å²) < 4.78 is 5.94. The predicted molar refractivity (Wildman–Crippen MR) is 133 cm³/mol. The number of ether oxygens (including phenoxy) is 1. The Kier molecular flexibility index (Phi) is 8.05. The second-order valence-electron chi connectivity index (χ2n) is 8.06. The summed E-state index contributed by atoms with van der Waals surface area (Å²) >= 11 is 7.46. The fourth-order valence-electron chi connectivity index (χ4n) is 2.96. The average molecular weight is 454 g/mol. The van der Waals surface area contributed by atoms with E-state index < -0.39 is 0 Å². The van der Waals surface area contributed by atoms with Gasteiger partial charge in [0.2, 0.25) is 5.91 Å². The SMILES string of the molecule is CCC(C)(C)c1ccc(Oc2ccc(NC(=O)CSCc3ccc(Cl)cc3)cc2)cc1. The van der Waals surface area contributed by atoms with Crippen LogP contribution in [0, 0.1) is 0 Å². The topological polar surface area (TPSA) is 38.3 Å². The molecule has 0 bridgehead atoms. The second-order valence-corrected chi connectivity index (χ2v) is 9.48. The van der Waals surface area contributed by atoms with E-state index in [0.29, 0.717) is 5.75 Å². The van der Waals surface area contributed by atoms with E-state index in [1.165, 1.54) is 5.56 Å². The smallest absolute Gasteiger partial charge is 0.234 e. The maximum Gasteiger partial charge on any atom is 0.234 e. The zero-order valence-electron chi connectivity index (χ0n) is 18.2. The summed E-state index contributed by atoms with van der Waals surface area (Å²) in [5, 5.41) is 3.64. The maximum atomic E-state index is 12.2. The highest BCUT2D eigenvalue weighted by atomic mass is 35.5. The van der Waals surface area contributed by atoms with Crippen molar-refractivity contribution in [1.29, 1.82) is 0 Å². The highest BCUT2D eigenvalue weighted by Crippen LogP contribution is 2.30. The normalized spacial score (nSPS) is 11.2. The summed E-state index contributed by atoms with van der Waals surface area (Å²) in [6.45, 7) is 6.68. The van der Waals surface area contributed by atoms with E-state index in [-0.39, 0.29) is 11.3 Å². The minimum absolute atomic E-state index is 0.0261. The first-order valence-corrected chi connectivity index (χ1v) is 11.9. The molecule has 0 heterocycles. The molecule has 0 saturated heterocycles. The van der Waals surface area contributed by atoms with Gasteiger partial charge < -0.3 is 10.1 Å². The number of carbonyl (C=O) groups is 1. The van der Waals surface area contributed by atoms with Crippen LogP contribution in [0.3, 0.4) is 0 Å². The maximum absolute atomic E-state index is 12.2. The molecule has 0 aliphatic carbocycles. The van der Waals surface area contributed by atoms with E-state index in [2.05, 4.69) is 38.2 Å². The molecule has 0 spiro atoms. The Labute approximate surface area is 194 Å². The number of carbonyl (C=O) groups excluding carboxylic acids is 1. The molecule has 0 fully saturated rings. The molecule has 1 amide bonds. The Hall–Kier alpha value is -2.43. The van der Waals surface area contributed by atoms with Gasteiger partial charge in [0.15, 0.2) is 0 Å². The number of hydrogen-bond donors (Lipinski definition) is 1. The summed E-state index contributed by atoms with van der Waals surface area (Å²) in [5.41, 5.74) is 3.36. The van der Waals surface area contributed by atoms with Gasteiger partial charge in [-0.3, -0.25) is 4.79 Å². The second kappa shape index (κ2) is 10.7. The molecule has 31 heavy (non-hydrogen) atoms. The Morgan fingerprint density at radius 1 is 0.935 bits per heavy atom. The minimum Gasteiger partial charge on any atom is -0.457 e. The molecule has 0 aromatic heterocycles. The molecule has 3 rings (SSSR count). The van der Waals surface area contributed by atoms with Crippen molar-refractivity contribution in [3.05, 3.63) is 88.9 Å². The molecule has 0 radical (unpaired) electrons. The number of amides is 1. The van der Waals surface area contributed by atoms with Crippen LogP contribution in [0.25, 0.3) is 0 Å². The Morgan fingerprint density at radius 2 is 1.52 bits per heavy atom. The van der Waals surface area contributed by atoms with Crippen LogP contribution in [0.15, 0.2) is 72.8 Å². The van der Waals surface area contributed by atoms with Crippen LogP contribution in [0.2, 0.25) is 5.02 Å². The highest BCUT2D eigenvalue weighted by Gasteiger charge is 2.17. The van der Waals surface area contributed by atoms with E-state index in [4.69, 9.17) is 16.3 Å². The number of anilines is 1. The number of nitrogens with one attached hydrogen (secondary N) is 1. The molecule has 162 valence electrons. The summed E-state index contributed by atoms with van der Waals surface area (Å²) in [7, 11) is 0. The lowest BCUT2D eigenvalue weighted by atomic mass is 9.82. The standard InChI is InChI=1S/C26H28ClNO2S/c1-4-26(2,3)20-7-13-23(14-8-20)30-24-15-11-22(12-16-24)28-25(29)18-31-17-19-5-9-21(27)10-6-19/h5-16H,4,17-18H2,1-3H3,(H,28,29). The van der Waals surface area contributed by atoms with Gasteiger partial charge in [0.25, 0.3) is 0 Å². The Balaban J connectivity index is 1.47. The molecule has 5 heteroatoms. The van der Waals surface area contributed by atoms with E-state index >= 15 is 0 Å². The number of benzene rings is 3. The molecule has 0 saturated carbocycles. The van der Waals surface area contributed by atoms with Gasteiger partial charge in [-0.15, -0.1) is 11.8 Å². The van der Waals surface area contributed by atoms with Crippen LogP contribution in [0.1, 0.15) is 38.3 Å². The lowest BCUT2D eigenvalue weighted by Gasteiger charge is -2.23. The molecule has 3 nitrogen and oxygen atoms in total. The molecule has 0 aliphatic rings. The summed E-state index contributed by atoms with van der Waals surface area (Å²) in [5.74, 6) is 2.66. The molecule has 3 aromatic carbocycles. The number of hydrogen-bond acceptors (Lipinski definition) is 3. The van der Waals surface area contributed by atoms with Crippen molar-refractivity contribution in [2.24, 2.45) is 0 Å². The molecule has 0 atom stereocenters. The summed E-state index contributed by atoms with van der Waals surface area (Å²) in [6, 6.07) is 23.3. The van der Waals surface area contributed by atoms with Crippen LogP contribution in [-0.4, -0.2) is 11.7 Å². The van der Waals surface area contributed by atoms with Crippen LogP contribution in [0.4, 0.5) is 5.69 Å². The fraction of sp³-hybridized carbons (Fsp3) is 0.269. The van der Waals surface area contributed by atoms with Gasteiger partial charge in [-0.1, -0.05) is 56.6 Å². The number of thioether (sulfide) groups is 1. The van der Waals surface area contributed by atoms with E-state index in [1.54, 1.807) is 11.8 Å². The molecular formula is C26H28ClNO2S. The molecule has 1 N–H and O–H groups in total. The highest BCUT2D eigenvalue weighted by molar-refractivity contribution is 7.99. The first-order chi connectivity index (χ1) is 14.9. The zero-order valence-corrected chi connectivity index (χ0v) is 19.7. The third-order valence-electron chi connectivity index (χ3n) is 5.31. The molecular weight excluding hydrogens is 426 g/mol. The van der Waals surface area contributed by atoms with E-state index in [1.807, 2.05) is 60.7 Å². The number of rotatable bonds is 9. The van der Waals surface area contributed by atoms with Crippen LogP contribution in [0.5, 0.6) is 11.5 Å². The van der Waals surface area contributed by atoms with Gasteiger partial charge in [-0.05, 0) is 71.5 Å². The van der Waals surface area contributed by atoms with Crippen molar-refractivity contribution < 1.29 is 9.53 Å². The van der Waals surface area contributed by atoms with Gasteiger partial charge in [-0.25, -0.2) is 0 Å². The third-order valence-corrected chi connectivity index (χ3v) is 6.56. The Morgan fingerprint density at radius 3 is 2.10 bits per heavy atom. The van der Waals surface area contributed by atoms with Gasteiger partial charge in [-0.2, -0.15) is 0 Å². The first-order valence-electron chi connectivity index (χ1n) is 10.4. The lowest BCUT2D eigenvalue weighted by Crippen LogP contribution is -2.14. The van der Waals surface area contributed by atoms with Crippen LogP contribution in [-0.2, 0) is 16.0 Å². The van der Waals surface area contributed by atoms with Gasteiger partial charge in [0, 0.05) is 16.5 Å². The molecule has 3 aromatic rings. The molecule has 0 aliphatic heterocycles. The van der Waals surface area contributed by atoms with Crippen molar-refractivity contribution in [3.8, 4) is 11.5 Å². The minimum atomic E-state index is -0.0261. The lowest BCUT2D eigenvalue weighted by molar-refractivity contribution is -0.113. The van der Waals surface area contributed by atoms with Gasteiger partial charge in [0.1, 0.15) is 11.5 Å². The zero-order chi connectivity index (χ0) is 22.3. The van der Waals surface area contributed by atoms with Crippen molar-refractivity contribution in [1.82, 2.24) is 0 Å². The fourth-order valence-corrected chi connectivity index (χ4v) is 3.87. The summed E-state index contributed by atoms with van der Waals surface area (Å²) in [4.78, 5) is 12.2. The largest absolute Gasteiger partial charge is 0.457 e. The number of halogens is 1. The van der Waals surface area contributed by atoms with E-state index in [9.17, 15) is 4.79 Å². The first kappa shape index (κ1) is 23.2. The van der Waals surface area contributed by atoms with Gasteiger partial charge in [0.05, 0.1) is 5.75 Å². The summed E-state index contributed by atoms with van der Waals surface area (Å²) in [6.07, 6.45) is 1.08. The van der Waals surface area contributed by atoms with Crippen molar-refractivity contribution in [2.75, 3.05) is 11.1 Å².